The molecular formula is C21H24ClNO3. The molecule has 0 aromatic heterocycles. The van der Waals surface area contributed by atoms with Gasteiger partial charge in [0.15, 0.2) is 12.4 Å². The number of nitrogens with one attached hydrogen (secondary N) is 1. The summed E-state index contributed by atoms with van der Waals surface area (Å²) in [7, 11) is 0. The zero-order chi connectivity index (χ0) is 19.3. The molecule has 1 amide bonds. The monoisotopic (exact) mass is 373 g/mol. The van der Waals surface area contributed by atoms with Crippen molar-refractivity contribution in [1.82, 2.24) is 0 Å². The predicted molar refractivity (Wildman–Crippen MR) is 105 cm³/mol. The summed E-state index contributed by atoms with van der Waals surface area (Å²) in [4.78, 5) is 24.4. The first-order chi connectivity index (χ1) is 12.3. The molecule has 2 rings (SSSR count). The van der Waals surface area contributed by atoms with Gasteiger partial charge in [-0.1, -0.05) is 50.6 Å². The fourth-order valence-corrected chi connectivity index (χ4v) is 2.87. The maximum Gasteiger partial charge on any atom is 0.262 e. The van der Waals surface area contributed by atoms with Gasteiger partial charge in [-0.3, -0.25) is 9.59 Å². The molecule has 0 bridgehead atoms. The van der Waals surface area contributed by atoms with Crippen molar-refractivity contribution in [1.29, 1.82) is 0 Å². The minimum atomic E-state index is -0.272. The molecule has 0 saturated heterocycles. The SMILES string of the molecule is CCC(=O)c1cc(Cl)ccc1OCC(=O)Nc1c(C)cccc1C(C)C. The Bertz CT molecular complexity index is 815. The van der Waals surface area contributed by atoms with Crippen LogP contribution in [0.15, 0.2) is 36.4 Å². The normalized spacial score (nSPS) is 10.7. The van der Waals surface area contributed by atoms with Crippen molar-refractivity contribution < 1.29 is 14.3 Å². The number of Topliss-reactive ketones (excluding diaryl/α,β-unsaturated/α-hetero) is 1. The molecule has 138 valence electrons. The van der Waals surface area contributed by atoms with E-state index in [0.717, 1.165) is 16.8 Å². The van der Waals surface area contributed by atoms with Crippen molar-refractivity contribution in [3.8, 4) is 5.75 Å². The van der Waals surface area contributed by atoms with E-state index in [1.54, 1.807) is 25.1 Å². The molecule has 0 heterocycles. The molecule has 0 unspecified atom stereocenters. The number of benzene rings is 2. The highest BCUT2D eigenvalue weighted by Gasteiger charge is 2.15. The second-order valence-electron chi connectivity index (χ2n) is 6.45. The lowest BCUT2D eigenvalue weighted by Crippen LogP contribution is -2.22. The van der Waals surface area contributed by atoms with Gasteiger partial charge in [0, 0.05) is 17.1 Å². The third kappa shape index (κ3) is 4.85. The minimum Gasteiger partial charge on any atom is -0.483 e. The number of aryl methyl sites for hydroxylation is 1. The summed E-state index contributed by atoms with van der Waals surface area (Å²) in [6, 6.07) is 10.8. The fraction of sp³-hybridized carbons (Fsp3) is 0.333. The average Bonchev–Trinajstić information content (AvgIpc) is 2.61. The molecule has 0 spiro atoms. The minimum absolute atomic E-state index is 0.0797. The second-order valence-corrected chi connectivity index (χ2v) is 6.88. The Balaban J connectivity index is 2.13. The summed E-state index contributed by atoms with van der Waals surface area (Å²) in [6.45, 7) is 7.71. The summed E-state index contributed by atoms with van der Waals surface area (Å²) in [5, 5.41) is 3.39. The molecule has 0 saturated carbocycles. The first-order valence-electron chi connectivity index (χ1n) is 8.68. The van der Waals surface area contributed by atoms with Crippen LogP contribution in [0.3, 0.4) is 0 Å². The zero-order valence-electron chi connectivity index (χ0n) is 15.6. The van der Waals surface area contributed by atoms with Crippen LogP contribution in [0.2, 0.25) is 5.02 Å². The Kier molecular flexibility index (Phi) is 6.81. The third-order valence-corrected chi connectivity index (χ3v) is 4.35. The van der Waals surface area contributed by atoms with Gasteiger partial charge in [-0.05, 0) is 42.2 Å². The van der Waals surface area contributed by atoms with Gasteiger partial charge in [0.1, 0.15) is 5.75 Å². The molecule has 2 aromatic carbocycles. The van der Waals surface area contributed by atoms with Gasteiger partial charge in [0.05, 0.1) is 5.56 Å². The van der Waals surface area contributed by atoms with Crippen molar-refractivity contribution in [2.24, 2.45) is 0 Å². The van der Waals surface area contributed by atoms with Crippen LogP contribution in [0, 0.1) is 6.92 Å². The summed E-state index contributed by atoms with van der Waals surface area (Å²) < 4.78 is 5.60. The van der Waals surface area contributed by atoms with E-state index in [9.17, 15) is 9.59 Å². The largest absolute Gasteiger partial charge is 0.483 e. The van der Waals surface area contributed by atoms with E-state index in [-0.39, 0.29) is 24.2 Å². The Labute approximate surface area is 159 Å². The van der Waals surface area contributed by atoms with Gasteiger partial charge in [-0.25, -0.2) is 0 Å². The first kappa shape index (κ1) is 20.0. The molecule has 2 aromatic rings. The number of carbonyl (C=O) groups is 2. The van der Waals surface area contributed by atoms with Gasteiger partial charge in [-0.2, -0.15) is 0 Å². The van der Waals surface area contributed by atoms with Gasteiger partial charge in [-0.15, -0.1) is 0 Å². The quantitative estimate of drug-likeness (QED) is 0.662. The summed E-state index contributed by atoms with van der Waals surface area (Å²) in [6.07, 6.45) is 0.337. The van der Waals surface area contributed by atoms with E-state index in [1.165, 1.54) is 0 Å². The van der Waals surface area contributed by atoms with Crippen LogP contribution in [0.1, 0.15) is 54.6 Å². The van der Waals surface area contributed by atoms with Crippen LogP contribution < -0.4 is 10.1 Å². The lowest BCUT2D eigenvalue weighted by atomic mass is 9.98. The van der Waals surface area contributed by atoms with E-state index in [1.807, 2.05) is 25.1 Å². The lowest BCUT2D eigenvalue weighted by Gasteiger charge is -2.17. The molecule has 0 aliphatic rings. The Hall–Kier alpha value is -2.33. The highest BCUT2D eigenvalue weighted by Crippen LogP contribution is 2.28. The maximum atomic E-state index is 12.4. The Morgan fingerprint density at radius 3 is 2.58 bits per heavy atom. The second kappa shape index (κ2) is 8.86. The van der Waals surface area contributed by atoms with E-state index in [4.69, 9.17) is 16.3 Å². The van der Waals surface area contributed by atoms with Crippen LogP contribution in [-0.2, 0) is 4.79 Å². The standard InChI is InChI=1S/C21H24ClNO3/c1-5-18(24)17-11-15(22)9-10-19(17)26-12-20(25)23-21-14(4)7-6-8-16(21)13(2)3/h6-11,13H,5,12H2,1-4H3,(H,23,25). The molecule has 0 fully saturated rings. The summed E-state index contributed by atoms with van der Waals surface area (Å²) >= 11 is 5.97. The lowest BCUT2D eigenvalue weighted by molar-refractivity contribution is -0.118. The van der Waals surface area contributed by atoms with Gasteiger partial charge < -0.3 is 10.1 Å². The van der Waals surface area contributed by atoms with Gasteiger partial charge >= 0.3 is 0 Å². The Morgan fingerprint density at radius 1 is 1.19 bits per heavy atom. The maximum absolute atomic E-state index is 12.4. The van der Waals surface area contributed by atoms with E-state index in [0.29, 0.717) is 22.8 Å². The predicted octanol–water partition coefficient (Wildman–Crippen LogP) is 5.38. The number of ether oxygens (including phenoxy) is 1. The number of rotatable bonds is 7. The molecular weight excluding hydrogens is 350 g/mol. The molecule has 1 N–H and O–H groups in total. The third-order valence-electron chi connectivity index (χ3n) is 4.11. The van der Waals surface area contributed by atoms with Crippen molar-refractivity contribution in [3.63, 3.8) is 0 Å². The average molecular weight is 374 g/mol. The molecule has 0 atom stereocenters. The van der Waals surface area contributed by atoms with Crippen molar-refractivity contribution in [3.05, 3.63) is 58.1 Å². The van der Waals surface area contributed by atoms with Crippen molar-refractivity contribution in [2.45, 2.75) is 40.0 Å². The van der Waals surface area contributed by atoms with Crippen LogP contribution in [0.25, 0.3) is 0 Å². The number of hydrogen-bond acceptors (Lipinski definition) is 3. The summed E-state index contributed by atoms with van der Waals surface area (Å²) in [5.41, 5.74) is 3.29. The van der Waals surface area contributed by atoms with Gasteiger partial charge in [0.25, 0.3) is 5.91 Å². The van der Waals surface area contributed by atoms with Crippen LogP contribution in [-0.4, -0.2) is 18.3 Å². The number of hydrogen-bond donors (Lipinski definition) is 1. The van der Waals surface area contributed by atoms with Crippen molar-refractivity contribution >= 4 is 29.0 Å². The van der Waals surface area contributed by atoms with Crippen LogP contribution in [0.5, 0.6) is 5.75 Å². The fourth-order valence-electron chi connectivity index (χ4n) is 2.70. The van der Waals surface area contributed by atoms with E-state index in [2.05, 4.69) is 19.2 Å². The van der Waals surface area contributed by atoms with Gasteiger partial charge in [0.2, 0.25) is 0 Å². The summed E-state index contributed by atoms with van der Waals surface area (Å²) in [5.74, 6) is 0.302. The highest BCUT2D eigenvalue weighted by molar-refractivity contribution is 6.31. The van der Waals surface area contributed by atoms with Crippen molar-refractivity contribution in [2.75, 3.05) is 11.9 Å². The molecule has 0 aliphatic carbocycles. The molecule has 5 heteroatoms. The number of para-hydroxylation sites is 1. The number of carbonyl (C=O) groups excluding carboxylic acids is 2. The molecule has 0 aliphatic heterocycles. The molecule has 4 nitrogen and oxygen atoms in total. The number of anilines is 1. The smallest absolute Gasteiger partial charge is 0.262 e. The number of amides is 1. The molecule has 0 radical (unpaired) electrons. The highest BCUT2D eigenvalue weighted by atomic mass is 35.5. The van der Waals surface area contributed by atoms with E-state index >= 15 is 0 Å². The first-order valence-corrected chi connectivity index (χ1v) is 9.06. The van der Waals surface area contributed by atoms with E-state index < -0.39 is 0 Å². The zero-order valence-corrected chi connectivity index (χ0v) is 16.3. The van der Waals surface area contributed by atoms with Crippen LogP contribution >= 0.6 is 11.6 Å². The molecule has 26 heavy (non-hydrogen) atoms. The number of halogens is 1. The van der Waals surface area contributed by atoms with Crippen LogP contribution in [0.4, 0.5) is 5.69 Å². The topological polar surface area (TPSA) is 55.4 Å². The number of ketones is 1. The Morgan fingerprint density at radius 2 is 1.92 bits per heavy atom.